The topological polar surface area (TPSA) is 43.1 Å². The Morgan fingerprint density at radius 1 is 1.11 bits per heavy atom. The Bertz CT molecular complexity index is 635. The SMILES string of the molecule is Clc1ccc2nnc(C3C4C5CCC(C5)C34)n2n1. The van der Waals surface area contributed by atoms with Crippen molar-refractivity contribution in [2.24, 2.45) is 23.7 Å². The van der Waals surface area contributed by atoms with Crippen molar-refractivity contribution in [1.29, 1.82) is 0 Å². The molecule has 0 aliphatic heterocycles. The van der Waals surface area contributed by atoms with Crippen LogP contribution in [0.15, 0.2) is 12.1 Å². The van der Waals surface area contributed by atoms with Gasteiger partial charge in [-0.05, 0) is 55.1 Å². The van der Waals surface area contributed by atoms with Crippen LogP contribution in [-0.4, -0.2) is 19.8 Å². The lowest BCUT2D eigenvalue weighted by Gasteiger charge is -2.06. The molecule has 92 valence electrons. The first kappa shape index (κ1) is 9.73. The quantitative estimate of drug-likeness (QED) is 0.791. The largest absolute Gasteiger partial charge is 0.196 e. The van der Waals surface area contributed by atoms with Crippen molar-refractivity contribution in [2.75, 3.05) is 0 Å². The molecule has 5 heteroatoms. The molecule has 2 heterocycles. The molecule has 18 heavy (non-hydrogen) atoms. The molecular formula is C13H13ClN4. The average molecular weight is 261 g/mol. The third kappa shape index (κ3) is 1.06. The molecule has 2 bridgehead atoms. The summed E-state index contributed by atoms with van der Waals surface area (Å²) >= 11 is 5.98. The van der Waals surface area contributed by atoms with Crippen LogP contribution in [0.5, 0.6) is 0 Å². The predicted octanol–water partition coefficient (Wildman–Crippen LogP) is 2.54. The minimum Gasteiger partial charge on any atom is -0.196 e. The fourth-order valence-electron chi connectivity index (χ4n) is 4.66. The number of hydrogen-bond acceptors (Lipinski definition) is 3. The molecule has 0 aromatic carbocycles. The second-order valence-corrected chi connectivity index (χ2v) is 6.39. The Labute approximate surface area is 109 Å². The van der Waals surface area contributed by atoms with Gasteiger partial charge in [0.2, 0.25) is 0 Å². The van der Waals surface area contributed by atoms with Crippen LogP contribution >= 0.6 is 11.6 Å². The molecule has 4 unspecified atom stereocenters. The van der Waals surface area contributed by atoms with Gasteiger partial charge in [-0.3, -0.25) is 0 Å². The predicted molar refractivity (Wildman–Crippen MR) is 66.3 cm³/mol. The fraction of sp³-hybridized carbons (Fsp3) is 0.615. The van der Waals surface area contributed by atoms with Gasteiger partial charge in [0.15, 0.2) is 11.5 Å². The zero-order valence-corrected chi connectivity index (χ0v) is 10.6. The van der Waals surface area contributed by atoms with E-state index in [1.807, 2.05) is 10.6 Å². The Morgan fingerprint density at radius 3 is 2.67 bits per heavy atom. The normalized spacial score (nSPS) is 40.4. The molecule has 5 rings (SSSR count). The molecule has 3 aliphatic carbocycles. The maximum atomic E-state index is 5.98. The standard InChI is InChI=1S/C13H13ClN4/c14-8-3-4-9-15-16-13(18(9)17-8)12-10-6-1-2-7(5-6)11(10)12/h3-4,6-7,10-12H,1-2,5H2. The van der Waals surface area contributed by atoms with Crippen molar-refractivity contribution in [3.8, 4) is 0 Å². The van der Waals surface area contributed by atoms with Crippen LogP contribution in [0, 0.1) is 23.7 Å². The number of rotatable bonds is 1. The third-order valence-corrected chi connectivity index (χ3v) is 5.49. The number of hydrogen-bond donors (Lipinski definition) is 0. The van der Waals surface area contributed by atoms with Gasteiger partial charge in [-0.2, -0.15) is 9.61 Å². The zero-order chi connectivity index (χ0) is 11.9. The smallest absolute Gasteiger partial charge is 0.178 e. The van der Waals surface area contributed by atoms with E-state index in [1.165, 1.54) is 19.3 Å². The van der Waals surface area contributed by atoms with Gasteiger partial charge < -0.3 is 0 Å². The van der Waals surface area contributed by atoms with E-state index in [9.17, 15) is 0 Å². The maximum absolute atomic E-state index is 5.98. The molecule has 0 amide bonds. The summed E-state index contributed by atoms with van der Waals surface area (Å²) in [6.45, 7) is 0. The molecule has 0 N–H and O–H groups in total. The lowest BCUT2D eigenvalue weighted by Crippen LogP contribution is -2.03. The highest BCUT2D eigenvalue weighted by Gasteiger charge is 2.66. The number of aromatic nitrogens is 4. The fourth-order valence-corrected chi connectivity index (χ4v) is 4.80. The van der Waals surface area contributed by atoms with Gasteiger partial charge in [0.1, 0.15) is 5.15 Å². The molecule has 0 radical (unpaired) electrons. The van der Waals surface area contributed by atoms with Crippen molar-refractivity contribution >= 4 is 17.2 Å². The van der Waals surface area contributed by atoms with Crippen molar-refractivity contribution in [3.63, 3.8) is 0 Å². The summed E-state index contributed by atoms with van der Waals surface area (Å²) in [4.78, 5) is 0. The summed E-state index contributed by atoms with van der Waals surface area (Å²) in [5.74, 6) is 5.23. The van der Waals surface area contributed by atoms with E-state index in [0.29, 0.717) is 11.1 Å². The van der Waals surface area contributed by atoms with Crippen LogP contribution < -0.4 is 0 Å². The Hall–Kier alpha value is -1.16. The van der Waals surface area contributed by atoms with E-state index in [-0.39, 0.29) is 0 Å². The van der Waals surface area contributed by atoms with Crippen LogP contribution in [0.1, 0.15) is 31.0 Å². The van der Waals surface area contributed by atoms with Gasteiger partial charge >= 0.3 is 0 Å². The highest BCUT2D eigenvalue weighted by molar-refractivity contribution is 6.29. The number of fused-ring (bicyclic) bond motifs is 6. The molecule has 3 saturated carbocycles. The van der Waals surface area contributed by atoms with E-state index in [0.717, 1.165) is 35.1 Å². The maximum Gasteiger partial charge on any atom is 0.178 e. The zero-order valence-electron chi connectivity index (χ0n) is 9.83. The Morgan fingerprint density at radius 2 is 1.89 bits per heavy atom. The van der Waals surface area contributed by atoms with E-state index >= 15 is 0 Å². The summed E-state index contributed by atoms with van der Waals surface area (Å²) in [5.41, 5.74) is 0.812. The van der Waals surface area contributed by atoms with Crippen LogP contribution in [0.4, 0.5) is 0 Å². The van der Waals surface area contributed by atoms with Crippen molar-refractivity contribution in [3.05, 3.63) is 23.1 Å². The summed E-state index contributed by atoms with van der Waals surface area (Å²) in [6.07, 6.45) is 4.30. The Kier molecular flexibility index (Phi) is 1.65. The van der Waals surface area contributed by atoms with Gasteiger partial charge in [-0.25, -0.2) is 0 Å². The van der Waals surface area contributed by atoms with Crippen molar-refractivity contribution in [2.45, 2.75) is 25.2 Å². The summed E-state index contributed by atoms with van der Waals surface area (Å²) < 4.78 is 1.85. The summed E-state index contributed by atoms with van der Waals surface area (Å²) in [7, 11) is 0. The van der Waals surface area contributed by atoms with Gasteiger partial charge in [-0.15, -0.1) is 10.2 Å². The van der Waals surface area contributed by atoms with Gasteiger partial charge in [0.25, 0.3) is 0 Å². The van der Waals surface area contributed by atoms with E-state index in [4.69, 9.17) is 11.6 Å². The van der Waals surface area contributed by atoms with Crippen molar-refractivity contribution in [1.82, 2.24) is 19.8 Å². The summed E-state index contributed by atoms with van der Waals surface area (Å²) in [6, 6.07) is 3.66. The molecule has 2 aromatic heterocycles. The number of nitrogens with zero attached hydrogens (tertiary/aromatic N) is 4. The first-order valence-electron chi connectivity index (χ1n) is 6.71. The second-order valence-electron chi connectivity index (χ2n) is 6.00. The monoisotopic (exact) mass is 260 g/mol. The minimum atomic E-state index is 0.511. The van der Waals surface area contributed by atoms with E-state index in [2.05, 4.69) is 15.3 Å². The van der Waals surface area contributed by atoms with E-state index < -0.39 is 0 Å². The van der Waals surface area contributed by atoms with Gasteiger partial charge in [0.05, 0.1) is 0 Å². The van der Waals surface area contributed by atoms with Gasteiger partial charge in [-0.1, -0.05) is 11.6 Å². The van der Waals surface area contributed by atoms with Crippen molar-refractivity contribution < 1.29 is 0 Å². The van der Waals surface area contributed by atoms with E-state index in [1.54, 1.807) is 6.07 Å². The second kappa shape index (κ2) is 3.05. The molecule has 0 saturated heterocycles. The first-order valence-corrected chi connectivity index (χ1v) is 7.08. The highest BCUT2D eigenvalue weighted by Crippen LogP contribution is 2.72. The lowest BCUT2D eigenvalue weighted by atomic mass is 10.0. The van der Waals surface area contributed by atoms with Crippen LogP contribution in [0.2, 0.25) is 5.15 Å². The molecule has 0 spiro atoms. The van der Waals surface area contributed by atoms with Crippen LogP contribution in [0.25, 0.3) is 5.65 Å². The van der Waals surface area contributed by atoms with Crippen LogP contribution in [0.3, 0.4) is 0 Å². The molecule has 4 atom stereocenters. The minimum absolute atomic E-state index is 0.511. The molecule has 3 fully saturated rings. The number of halogens is 1. The highest BCUT2D eigenvalue weighted by atomic mass is 35.5. The molecule has 4 nitrogen and oxygen atoms in total. The third-order valence-electron chi connectivity index (χ3n) is 5.29. The molecule has 3 aliphatic rings. The first-order chi connectivity index (χ1) is 8.83. The molecular weight excluding hydrogens is 248 g/mol. The van der Waals surface area contributed by atoms with Gasteiger partial charge in [0, 0.05) is 5.92 Å². The average Bonchev–Trinajstić information content (AvgIpc) is 2.77. The lowest BCUT2D eigenvalue weighted by molar-refractivity contribution is 0.456. The van der Waals surface area contributed by atoms with Crippen LogP contribution in [-0.2, 0) is 0 Å². The molecule has 2 aromatic rings. The Balaban J connectivity index is 1.62. The summed E-state index contributed by atoms with van der Waals surface area (Å²) in [5, 5.41) is 13.4.